The molecule has 1 aliphatic heterocycles. The number of methoxy groups -OCH3 is 1. The summed E-state index contributed by atoms with van der Waals surface area (Å²) in [6.07, 6.45) is 4.16. The topological polar surface area (TPSA) is 68.5 Å². The van der Waals surface area contributed by atoms with Crippen molar-refractivity contribution in [3.63, 3.8) is 0 Å². The number of fused-ring (bicyclic) bond motifs is 2. The van der Waals surface area contributed by atoms with Gasteiger partial charge in [0.25, 0.3) is 0 Å². The second kappa shape index (κ2) is 6.52. The predicted molar refractivity (Wildman–Crippen MR) is 97.3 cm³/mol. The number of likely N-dealkylation sites (tertiary alicyclic amines) is 1. The van der Waals surface area contributed by atoms with Gasteiger partial charge in [0.15, 0.2) is 0 Å². The van der Waals surface area contributed by atoms with Gasteiger partial charge in [-0.05, 0) is 30.5 Å². The lowest BCUT2D eigenvalue weighted by atomic mass is 9.74. The first-order valence-electron chi connectivity index (χ1n) is 8.69. The number of piperidine rings is 1. The monoisotopic (exact) mass is 357 g/mol. The van der Waals surface area contributed by atoms with Crippen LogP contribution < -0.4 is 5.73 Å². The molecular formula is C19H23N3O2S. The average molecular weight is 357 g/mol. The molecule has 2 atom stereocenters. The Morgan fingerprint density at radius 1 is 1.40 bits per heavy atom. The fourth-order valence-corrected chi connectivity index (χ4v) is 5.46. The number of carbonyl (C=O) groups excluding carboxylic acids is 1. The Bertz CT molecular complexity index is 748. The van der Waals surface area contributed by atoms with E-state index in [1.807, 2.05) is 23.7 Å². The normalized spacial score (nSPS) is 29.0. The number of nitrogens with zero attached hydrogens (tertiary/aromatic N) is 2. The van der Waals surface area contributed by atoms with Gasteiger partial charge in [0.1, 0.15) is 10.6 Å². The second-order valence-corrected chi connectivity index (χ2v) is 8.01. The third kappa shape index (κ3) is 2.78. The minimum Gasteiger partial charge on any atom is -0.373 e. The highest BCUT2D eigenvalue weighted by atomic mass is 32.1. The first kappa shape index (κ1) is 16.7. The van der Waals surface area contributed by atoms with Crippen LogP contribution in [0.5, 0.6) is 0 Å². The summed E-state index contributed by atoms with van der Waals surface area (Å²) < 4.78 is 6.18. The smallest absolute Gasteiger partial charge is 0.248 e. The van der Waals surface area contributed by atoms with E-state index in [4.69, 9.17) is 10.5 Å². The van der Waals surface area contributed by atoms with Gasteiger partial charge in [-0.1, -0.05) is 12.1 Å². The Morgan fingerprint density at radius 3 is 2.76 bits per heavy atom. The van der Waals surface area contributed by atoms with E-state index in [-0.39, 0.29) is 11.5 Å². The van der Waals surface area contributed by atoms with Crippen LogP contribution in [-0.4, -0.2) is 36.0 Å². The first-order chi connectivity index (χ1) is 12.1. The number of hydrogen-bond acceptors (Lipinski definition) is 5. The van der Waals surface area contributed by atoms with Crippen molar-refractivity contribution in [3.8, 4) is 0 Å². The zero-order valence-corrected chi connectivity index (χ0v) is 15.2. The van der Waals surface area contributed by atoms with Gasteiger partial charge < -0.3 is 10.5 Å². The molecule has 1 saturated heterocycles. The lowest BCUT2D eigenvalue weighted by molar-refractivity contribution is -0.120. The zero-order valence-electron chi connectivity index (χ0n) is 14.4. The van der Waals surface area contributed by atoms with Crippen molar-refractivity contribution >= 4 is 17.2 Å². The number of benzene rings is 1. The van der Waals surface area contributed by atoms with Gasteiger partial charge in [-0.15, -0.1) is 11.3 Å². The molecule has 5 nitrogen and oxygen atoms in total. The molecule has 2 aromatic rings. The van der Waals surface area contributed by atoms with Gasteiger partial charge in [0, 0.05) is 49.2 Å². The summed E-state index contributed by atoms with van der Waals surface area (Å²) in [5.74, 6) is 0.445. The number of primary amides is 1. The van der Waals surface area contributed by atoms with Crippen LogP contribution in [-0.2, 0) is 16.9 Å². The van der Waals surface area contributed by atoms with Crippen LogP contribution in [0.1, 0.15) is 33.8 Å². The molecule has 4 rings (SSSR count). The van der Waals surface area contributed by atoms with E-state index in [2.05, 4.69) is 16.0 Å². The maximum absolute atomic E-state index is 11.6. The van der Waals surface area contributed by atoms with E-state index in [0.29, 0.717) is 17.4 Å². The van der Waals surface area contributed by atoms with Gasteiger partial charge in [-0.3, -0.25) is 9.69 Å². The number of amides is 1. The molecule has 132 valence electrons. The molecule has 1 aliphatic carbocycles. The standard InChI is InChI=1S/C19H23N3O2S/c1-24-19(14-4-2-3-13(9-14)18(20)23)15-5-6-16(19)11-22(10-15)12-17-21-7-8-25-17/h2-4,7-9,15-16H,5-6,10-12H2,1H3,(H2,20,23). The van der Waals surface area contributed by atoms with Crippen molar-refractivity contribution in [2.75, 3.05) is 20.2 Å². The Balaban J connectivity index is 1.63. The summed E-state index contributed by atoms with van der Waals surface area (Å²) in [5.41, 5.74) is 6.82. The summed E-state index contributed by atoms with van der Waals surface area (Å²) in [4.78, 5) is 18.5. The molecule has 1 amide bonds. The van der Waals surface area contributed by atoms with Gasteiger partial charge in [-0.25, -0.2) is 4.98 Å². The van der Waals surface area contributed by atoms with E-state index in [1.54, 1.807) is 24.5 Å². The van der Waals surface area contributed by atoms with Crippen LogP contribution in [0.25, 0.3) is 0 Å². The van der Waals surface area contributed by atoms with Gasteiger partial charge in [0.2, 0.25) is 5.91 Å². The minimum absolute atomic E-state index is 0.315. The van der Waals surface area contributed by atoms with Crippen molar-refractivity contribution in [1.82, 2.24) is 9.88 Å². The van der Waals surface area contributed by atoms with E-state index < -0.39 is 0 Å². The highest BCUT2D eigenvalue weighted by Crippen LogP contribution is 2.53. The average Bonchev–Trinajstić information content (AvgIpc) is 3.18. The number of ether oxygens (including phenoxy) is 1. The molecule has 2 unspecified atom stereocenters. The number of hydrogen-bond donors (Lipinski definition) is 1. The van der Waals surface area contributed by atoms with Crippen LogP contribution in [0.15, 0.2) is 35.8 Å². The van der Waals surface area contributed by atoms with Crippen LogP contribution >= 0.6 is 11.3 Å². The third-order valence-corrected chi connectivity index (χ3v) is 6.58. The summed E-state index contributed by atoms with van der Waals surface area (Å²) in [7, 11) is 1.80. The molecule has 0 radical (unpaired) electrons. The van der Waals surface area contributed by atoms with Crippen LogP contribution in [0.2, 0.25) is 0 Å². The summed E-state index contributed by atoms with van der Waals surface area (Å²) in [5, 5.41) is 3.20. The molecule has 2 N–H and O–H groups in total. The lowest BCUT2D eigenvalue weighted by Crippen LogP contribution is -2.52. The number of nitrogens with two attached hydrogens (primary N) is 1. The summed E-state index contributed by atoms with van der Waals surface area (Å²) >= 11 is 1.71. The summed E-state index contributed by atoms with van der Waals surface area (Å²) in [6.45, 7) is 2.89. The number of aromatic nitrogens is 1. The molecule has 2 bridgehead atoms. The molecule has 25 heavy (non-hydrogen) atoms. The van der Waals surface area contributed by atoms with E-state index in [9.17, 15) is 4.79 Å². The van der Waals surface area contributed by atoms with E-state index in [0.717, 1.165) is 38.0 Å². The lowest BCUT2D eigenvalue weighted by Gasteiger charge is -2.47. The second-order valence-electron chi connectivity index (χ2n) is 7.03. The maximum atomic E-state index is 11.6. The molecule has 2 aliphatic rings. The molecule has 6 heteroatoms. The molecule has 2 heterocycles. The first-order valence-corrected chi connectivity index (χ1v) is 9.57. The van der Waals surface area contributed by atoms with E-state index in [1.165, 1.54) is 5.01 Å². The molecule has 1 aromatic heterocycles. The van der Waals surface area contributed by atoms with Crippen LogP contribution in [0, 0.1) is 11.8 Å². The van der Waals surface area contributed by atoms with E-state index >= 15 is 0 Å². The maximum Gasteiger partial charge on any atom is 0.248 e. The molecule has 2 fully saturated rings. The van der Waals surface area contributed by atoms with Gasteiger partial charge in [-0.2, -0.15) is 0 Å². The fraction of sp³-hybridized carbons (Fsp3) is 0.474. The zero-order chi connectivity index (χ0) is 17.4. The van der Waals surface area contributed by atoms with Gasteiger partial charge in [0.05, 0.1) is 6.54 Å². The Morgan fingerprint density at radius 2 is 2.16 bits per heavy atom. The predicted octanol–water partition coefficient (Wildman–Crippen LogP) is 2.63. The third-order valence-electron chi connectivity index (χ3n) is 5.81. The molecule has 0 spiro atoms. The van der Waals surface area contributed by atoms with Crippen molar-refractivity contribution < 1.29 is 9.53 Å². The van der Waals surface area contributed by atoms with Gasteiger partial charge >= 0.3 is 0 Å². The summed E-state index contributed by atoms with van der Waals surface area (Å²) in [6, 6.07) is 7.69. The van der Waals surface area contributed by atoms with Crippen LogP contribution in [0.4, 0.5) is 0 Å². The van der Waals surface area contributed by atoms with Crippen molar-refractivity contribution in [3.05, 3.63) is 52.0 Å². The van der Waals surface area contributed by atoms with Crippen LogP contribution in [0.3, 0.4) is 0 Å². The number of carbonyl (C=O) groups is 1. The molecular weight excluding hydrogens is 334 g/mol. The molecule has 1 saturated carbocycles. The SMILES string of the molecule is COC1(c2cccc(C(N)=O)c2)C2CCC1CN(Cc1nccs1)C2. The minimum atomic E-state index is -0.387. The quantitative estimate of drug-likeness (QED) is 0.893. The Labute approximate surface area is 151 Å². The van der Waals surface area contributed by atoms with Crippen molar-refractivity contribution in [1.29, 1.82) is 0 Å². The van der Waals surface area contributed by atoms with Crippen molar-refractivity contribution in [2.24, 2.45) is 17.6 Å². The number of rotatable bonds is 5. The number of thiazole rings is 1. The Hall–Kier alpha value is -1.76. The van der Waals surface area contributed by atoms with Crippen molar-refractivity contribution in [2.45, 2.75) is 25.0 Å². The highest BCUT2D eigenvalue weighted by molar-refractivity contribution is 7.09. The Kier molecular flexibility index (Phi) is 4.35. The highest BCUT2D eigenvalue weighted by Gasteiger charge is 2.55. The molecule has 1 aromatic carbocycles. The largest absolute Gasteiger partial charge is 0.373 e. The fourth-order valence-electron chi connectivity index (χ4n) is 4.81.